The molecule has 6 aromatic carbocycles. The largest absolute Gasteiger partial charge is 0.460 e. The highest BCUT2D eigenvalue weighted by Gasteiger charge is 2.36. The lowest BCUT2D eigenvalue weighted by Crippen LogP contribution is -2.14. The third-order valence-corrected chi connectivity index (χ3v) is 15.7. The third kappa shape index (κ3) is 11.0. The summed E-state index contributed by atoms with van der Waals surface area (Å²) in [7, 11) is 1.64. The normalized spacial score (nSPS) is 13.4. The number of aromatic nitrogens is 1. The molecule has 0 fully saturated rings. The van der Waals surface area contributed by atoms with Crippen molar-refractivity contribution in [3.63, 3.8) is 0 Å². The second-order valence-corrected chi connectivity index (χ2v) is 20.7. The number of anilines is 1. The van der Waals surface area contributed by atoms with E-state index in [1.165, 1.54) is 100 Å². The molecule has 0 unspecified atom stereocenters. The summed E-state index contributed by atoms with van der Waals surface area (Å²) in [6.07, 6.45) is 24.0. The van der Waals surface area contributed by atoms with Crippen molar-refractivity contribution in [1.29, 1.82) is 5.41 Å². The summed E-state index contributed by atoms with van der Waals surface area (Å²) in [5.41, 5.74) is 19.7. The van der Waals surface area contributed by atoms with E-state index in [0.29, 0.717) is 5.84 Å². The van der Waals surface area contributed by atoms with Crippen molar-refractivity contribution < 1.29 is 4.42 Å². The molecule has 3 aliphatic rings. The average Bonchev–Trinajstić information content (AvgIpc) is 4.17. The third-order valence-electron chi connectivity index (χ3n) is 14.3. The Morgan fingerprint density at radius 3 is 2.24 bits per heavy atom. The zero-order chi connectivity index (χ0) is 53.2. The van der Waals surface area contributed by atoms with Gasteiger partial charge in [-0.3, -0.25) is 5.41 Å². The molecule has 0 spiro atoms. The van der Waals surface area contributed by atoms with Gasteiger partial charge in [0.15, 0.2) is 0 Å². The van der Waals surface area contributed by atoms with Crippen LogP contribution in [-0.4, -0.2) is 24.2 Å². The summed E-state index contributed by atoms with van der Waals surface area (Å²) in [6, 6.07) is 43.5. The summed E-state index contributed by atoms with van der Waals surface area (Å²) in [5, 5.41) is 16.0. The predicted molar refractivity (Wildman–Crippen MR) is 330 cm³/mol. The molecule has 5 nitrogen and oxygen atoms in total. The fourth-order valence-electron chi connectivity index (χ4n) is 10.9. The van der Waals surface area contributed by atoms with Crippen molar-refractivity contribution in [1.82, 2.24) is 4.57 Å². The fraction of sp³-hybridized carbons (Fsp3) is 0.246. The molecular weight excluding hydrogens is 933 g/mol. The number of nitrogens with one attached hydrogen (secondary N) is 2. The number of nitrogens with zero attached hydrogens (tertiary/aromatic N) is 2. The number of allylic oxidation sites excluding steroid dienone is 4. The number of thiophene rings is 1. The molecule has 3 aromatic heterocycles. The molecule has 382 valence electrons. The molecule has 3 aliphatic carbocycles. The van der Waals surface area contributed by atoms with Crippen LogP contribution in [0.5, 0.6) is 0 Å². The highest BCUT2D eigenvalue weighted by Crippen LogP contribution is 2.51. The van der Waals surface area contributed by atoms with Gasteiger partial charge in [0.25, 0.3) is 0 Å². The summed E-state index contributed by atoms with van der Waals surface area (Å²) >= 11 is 1.91. The average molecular weight is 1010 g/mol. The van der Waals surface area contributed by atoms with Gasteiger partial charge >= 0.3 is 0 Å². The number of fused-ring (bicyclic) bond motifs is 9. The number of amidine groups is 1. The van der Waals surface area contributed by atoms with E-state index in [0.717, 1.165) is 59.4 Å². The Bertz CT molecular complexity index is 3620. The van der Waals surface area contributed by atoms with Crippen molar-refractivity contribution in [2.24, 2.45) is 4.99 Å². The maximum Gasteiger partial charge on any atom is 0.135 e. The van der Waals surface area contributed by atoms with E-state index >= 15 is 0 Å². The number of furan rings is 1. The van der Waals surface area contributed by atoms with Crippen LogP contribution in [0.25, 0.3) is 73.1 Å². The van der Waals surface area contributed by atoms with E-state index < -0.39 is 0 Å². The molecule has 12 rings (SSSR count). The van der Waals surface area contributed by atoms with Crippen molar-refractivity contribution in [2.75, 3.05) is 12.4 Å². The van der Waals surface area contributed by atoms with E-state index in [4.69, 9.17) is 9.83 Å². The molecule has 0 radical (unpaired) electrons. The Morgan fingerprint density at radius 1 is 0.773 bits per heavy atom. The molecule has 0 saturated carbocycles. The quantitative estimate of drug-likeness (QED) is 0.123. The molecule has 0 bridgehead atoms. The summed E-state index contributed by atoms with van der Waals surface area (Å²) in [4.78, 5) is 4.74. The van der Waals surface area contributed by atoms with Crippen LogP contribution in [0.3, 0.4) is 0 Å². The molecule has 6 heteroatoms. The zero-order valence-corrected chi connectivity index (χ0v) is 46.6. The second-order valence-electron chi connectivity index (χ2n) is 19.5. The summed E-state index contributed by atoms with van der Waals surface area (Å²) in [5.74, 6) is 1.39. The van der Waals surface area contributed by atoms with Crippen LogP contribution in [0.4, 0.5) is 5.69 Å². The first kappa shape index (κ1) is 53.7. The van der Waals surface area contributed by atoms with Crippen molar-refractivity contribution in [3.05, 3.63) is 212 Å². The molecule has 0 aliphatic heterocycles. The number of benzene rings is 6. The number of hydrogen-bond acceptors (Lipinski definition) is 4. The van der Waals surface area contributed by atoms with Crippen molar-refractivity contribution in [2.45, 2.75) is 106 Å². The number of hydrogen-bond donors (Lipinski definition) is 2. The van der Waals surface area contributed by atoms with E-state index in [1.807, 2.05) is 37.3 Å². The lowest BCUT2D eigenvalue weighted by molar-refractivity contribution is 0.546. The fourth-order valence-corrected chi connectivity index (χ4v) is 12.0. The first-order valence-electron chi connectivity index (χ1n) is 26.9. The number of rotatable bonds is 7. The van der Waals surface area contributed by atoms with E-state index in [2.05, 4.69) is 228 Å². The van der Waals surface area contributed by atoms with Gasteiger partial charge in [-0.05, 0) is 170 Å². The Labute approximate surface area is 450 Å². The monoisotopic (exact) mass is 1010 g/mol. The van der Waals surface area contributed by atoms with Crippen LogP contribution >= 0.6 is 11.3 Å². The molecule has 3 heterocycles. The van der Waals surface area contributed by atoms with E-state index in [-0.39, 0.29) is 5.41 Å². The van der Waals surface area contributed by atoms with Crippen LogP contribution in [0.15, 0.2) is 155 Å². The topological polar surface area (TPSA) is 66.3 Å². The minimum atomic E-state index is -0.0380. The molecule has 9 aromatic rings. The number of aliphatic imine (C=N–C) groups is 1. The van der Waals surface area contributed by atoms with Crippen LogP contribution in [0, 0.1) is 12.3 Å². The smallest absolute Gasteiger partial charge is 0.135 e. The van der Waals surface area contributed by atoms with Gasteiger partial charge in [-0.25, -0.2) is 0 Å². The summed E-state index contributed by atoms with van der Waals surface area (Å²) < 4.78 is 9.95. The van der Waals surface area contributed by atoms with Crippen LogP contribution < -0.4 is 5.32 Å². The van der Waals surface area contributed by atoms with Gasteiger partial charge in [0.05, 0.1) is 5.52 Å². The van der Waals surface area contributed by atoms with E-state index in [1.54, 1.807) is 7.05 Å². The van der Waals surface area contributed by atoms with Crippen LogP contribution in [-0.2, 0) is 31.1 Å². The number of aryl methyl sites for hydroxylation is 5. The van der Waals surface area contributed by atoms with Crippen LogP contribution in [0.1, 0.15) is 135 Å². The maximum atomic E-state index is 8.83. The molecule has 75 heavy (non-hydrogen) atoms. The Morgan fingerprint density at radius 2 is 1.49 bits per heavy atom. The molecular formula is C69H74N4OS. The van der Waals surface area contributed by atoms with E-state index in [9.17, 15) is 0 Å². The first-order valence-corrected chi connectivity index (χ1v) is 27.7. The minimum absolute atomic E-state index is 0.0380. The van der Waals surface area contributed by atoms with Gasteiger partial charge in [0.1, 0.15) is 17.2 Å². The van der Waals surface area contributed by atoms with Gasteiger partial charge < -0.3 is 19.3 Å². The first-order chi connectivity index (χ1) is 36.5. The Balaban J connectivity index is 0.000000201. The van der Waals surface area contributed by atoms with Gasteiger partial charge in [-0.1, -0.05) is 156 Å². The highest BCUT2D eigenvalue weighted by molar-refractivity contribution is 7.19. The maximum absolute atomic E-state index is 8.83. The predicted octanol–water partition coefficient (Wildman–Crippen LogP) is 19.5. The standard InChI is InChI=1S/C41H37N3O.C13H14S.C11H12.C2H5N.C2H6/c1-5-11-36-28(6-2)33-23-35-32(29-12-7-9-14-34(29)41(35,3)4)24-37(33)44(36)27-19-17-26(18-20-27)43-40(42)25-16-21-31-30-13-8-10-15-38(30)45-39(31)22-25;1-3-7-10-11-8-5-6-9-13(11)14-12(10)4-2;1-9-6-7-10-4-2-3-5-11(10)8-9;1-3-2;1-2/h5,7-9,11-14,16-24H,6,10,15H2,1-4H3,(H2,42,43);3,5-9H,4H2,1-2H3;2,4,6-8H,3,5H2,1H3;1H2,2H3;1-2H3/b11-5-;7-3-;;;. The molecule has 0 atom stereocenters. The highest BCUT2D eigenvalue weighted by atomic mass is 32.1. The Hall–Kier alpha value is -7.54. The van der Waals surface area contributed by atoms with Gasteiger partial charge in [0, 0.05) is 67.4 Å². The van der Waals surface area contributed by atoms with Gasteiger partial charge in [-0.15, -0.1) is 11.3 Å². The lowest BCUT2D eigenvalue weighted by atomic mass is 9.82. The van der Waals surface area contributed by atoms with Gasteiger partial charge in [-0.2, -0.15) is 0 Å². The van der Waals surface area contributed by atoms with Gasteiger partial charge in [0.2, 0.25) is 0 Å². The molecule has 0 saturated heterocycles. The minimum Gasteiger partial charge on any atom is -0.460 e. The lowest BCUT2D eigenvalue weighted by Gasteiger charge is -2.21. The molecule has 0 amide bonds. The van der Waals surface area contributed by atoms with Crippen molar-refractivity contribution >= 4 is 85.8 Å². The van der Waals surface area contributed by atoms with Crippen LogP contribution in [0.2, 0.25) is 0 Å². The Kier molecular flexibility index (Phi) is 17.3. The molecule has 2 N–H and O–H groups in total. The second kappa shape index (κ2) is 24.2. The zero-order valence-electron chi connectivity index (χ0n) is 45.8. The summed E-state index contributed by atoms with van der Waals surface area (Å²) in [6.45, 7) is 22.6. The van der Waals surface area contributed by atoms with Crippen molar-refractivity contribution in [3.8, 4) is 16.8 Å². The SMILES string of the molecule is C/C=C\c1c(CC)c2cc3c(cc2n1-c1ccc(NC(=N)c2ccc4c5c(oc4c2)CCC=C5)cc1)-c1ccccc1C3(C)C.C/C=C\c1c(CC)sc2ccccc12.C=NC.CC.Cc1ccc2c(c1)CCC=C2.